The molecule has 0 aromatic heterocycles. The topological polar surface area (TPSA) is 61.8 Å². The Kier molecular flexibility index (Phi) is 9.14. The van der Waals surface area contributed by atoms with Crippen LogP contribution < -0.4 is 4.74 Å². The van der Waals surface area contributed by atoms with Crippen LogP contribution in [0.3, 0.4) is 0 Å². The number of ether oxygens (including phenoxy) is 3. The lowest BCUT2D eigenvalue weighted by molar-refractivity contribution is -0.0139. The number of carbonyl (C=O) groups excluding carboxylic acids is 2. The van der Waals surface area contributed by atoms with Crippen molar-refractivity contribution in [3.05, 3.63) is 65.2 Å². The van der Waals surface area contributed by atoms with Gasteiger partial charge in [0.1, 0.15) is 11.7 Å². The van der Waals surface area contributed by atoms with E-state index < -0.39 is 12.1 Å². The molecule has 0 aliphatic heterocycles. The van der Waals surface area contributed by atoms with Crippen molar-refractivity contribution in [1.29, 1.82) is 0 Å². The molecule has 2 aromatic rings. The van der Waals surface area contributed by atoms with Gasteiger partial charge in [-0.15, -0.1) is 0 Å². The van der Waals surface area contributed by atoms with Gasteiger partial charge in [0.15, 0.2) is 5.75 Å². The summed E-state index contributed by atoms with van der Waals surface area (Å²) in [5, 5.41) is 0. The zero-order chi connectivity index (χ0) is 24.7. The molecule has 3 rings (SSSR count). The van der Waals surface area contributed by atoms with E-state index in [-0.39, 0.29) is 29.9 Å². The Balaban J connectivity index is 1.94. The minimum absolute atomic E-state index is 0.0449. The third kappa shape index (κ3) is 6.19. The van der Waals surface area contributed by atoms with Gasteiger partial charge in [0.25, 0.3) is 0 Å². The summed E-state index contributed by atoms with van der Waals surface area (Å²) in [5.41, 5.74) is 2.10. The molecule has 4 atom stereocenters. The van der Waals surface area contributed by atoms with Crippen molar-refractivity contribution in [3.8, 4) is 5.75 Å². The van der Waals surface area contributed by atoms with Gasteiger partial charge in [-0.2, -0.15) is 0 Å². The molecular weight excluding hydrogens is 428 g/mol. The highest BCUT2D eigenvalue weighted by atomic mass is 16.7. The van der Waals surface area contributed by atoms with Crippen molar-refractivity contribution in [3.63, 3.8) is 0 Å². The number of esters is 1. The lowest BCUT2D eigenvalue weighted by atomic mass is 9.75. The summed E-state index contributed by atoms with van der Waals surface area (Å²) in [6.45, 7) is 10.6. The fourth-order valence-electron chi connectivity index (χ4n) is 5.11. The predicted molar refractivity (Wildman–Crippen MR) is 133 cm³/mol. The lowest BCUT2D eigenvalue weighted by Gasteiger charge is -2.36. The van der Waals surface area contributed by atoms with Crippen LogP contribution in [0.5, 0.6) is 5.75 Å². The van der Waals surface area contributed by atoms with Gasteiger partial charge >= 0.3 is 12.1 Å². The molecule has 1 fully saturated rings. The summed E-state index contributed by atoms with van der Waals surface area (Å²) in [5.74, 6) is 0.883. The maximum Gasteiger partial charge on any atom is 0.514 e. The minimum Gasteiger partial charge on any atom is -0.462 e. The van der Waals surface area contributed by atoms with E-state index in [0.717, 1.165) is 36.8 Å². The molecule has 0 amide bonds. The van der Waals surface area contributed by atoms with Crippen molar-refractivity contribution in [2.45, 2.75) is 72.3 Å². The summed E-state index contributed by atoms with van der Waals surface area (Å²) >= 11 is 0. The van der Waals surface area contributed by atoms with E-state index in [1.165, 1.54) is 0 Å². The van der Waals surface area contributed by atoms with Crippen LogP contribution in [0.15, 0.2) is 48.5 Å². The SMILES string of the molecule is CCOC(=O)c1cccc([C@@H](CC)c2ccccc2)c1OC(=O)O[C@@H]1C[C@H](C)CC[C@H]1C(C)C. The molecule has 1 aliphatic carbocycles. The first kappa shape index (κ1) is 25.8. The van der Waals surface area contributed by atoms with Crippen molar-refractivity contribution >= 4 is 12.1 Å². The van der Waals surface area contributed by atoms with E-state index in [1.807, 2.05) is 42.5 Å². The van der Waals surface area contributed by atoms with Crippen molar-refractivity contribution < 1.29 is 23.8 Å². The number of hydrogen-bond donors (Lipinski definition) is 0. The van der Waals surface area contributed by atoms with Crippen LogP contribution in [0.4, 0.5) is 4.79 Å². The smallest absolute Gasteiger partial charge is 0.462 e. The third-order valence-corrected chi connectivity index (χ3v) is 6.92. The van der Waals surface area contributed by atoms with E-state index in [1.54, 1.807) is 13.0 Å². The lowest BCUT2D eigenvalue weighted by Crippen LogP contribution is -2.36. The third-order valence-electron chi connectivity index (χ3n) is 6.92. The predicted octanol–water partition coefficient (Wildman–Crippen LogP) is 7.38. The molecule has 0 heterocycles. The van der Waals surface area contributed by atoms with Crippen LogP contribution in [-0.4, -0.2) is 24.8 Å². The molecule has 184 valence electrons. The van der Waals surface area contributed by atoms with Crippen LogP contribution in [0.2, 0.25) is 0 Å². The molecule has 2 aromatic carbocycles. The van der Waals surface area contributed by atoms with Gasteiger partial charge in [-0.25, -0.2) is 9.59 Å². The normalized spacial score (nSPS) is 21.1. The van der Waals surface area contributed by atoms with Gasteiger partial charge in [0.2, 0.25) is 0 Å². The van der Waals surface area contributed by atoms with Crippen molar-refractivity contribution in [2.75, 3.05) is 6.61 Å². The number of benzene rings is 2. The zero-order valence-electron chi connectivity index (χ0n) is 21.1. The van der Waals surface area contributed by atoms with Crippen molar-refractivity contribution in [1.82, 2.24) is 0 Å². The summed E-state index contributed by atoms with van der Waals surface area (Å²) < 4.78 is 17.0. The molecule has 0 unspecified atom stereocenters. The van der Waals surface area contributed by atoms with Crippen molar-refractivity contribution in [2.24, 2.45) is 17.8 Å². The minimum atomic E-state index is -0.759. The molecule has 34 heavy (non-hydrogen) atoms. The number of para-hydroxylation sites is 1. The van der Waals surface area contributed by atoms with Crippen LogP contribution in [0.1, 0.15) is 87.7 Å². The Morgan fingerprint density at radius 3 is 2.38 bits per heavy atom. The standard InChI is InChI=1S/C29H38O5/c1-6-22(21-12-9-8-10-13-21)24-14-11-15-25(28(30)32-7-2)27(24)34-29(31)33-26-18-20(5)16-17-23(26)19(3)4/h8-15,19-20,22-23,26H,6-7,16-18H2,1-5H3/t20-,22+,23+,26-/m1/s1. The zero-order valence-corrected chi connectivity index (χ0v) is 21.1. The second-order valence-corrected chi connectivity index (χ2v) is 9.65. The van der Waals surface area contributed by atoms with Crippen LogP contribution in [0.25, 0.3) is 0 Å². The Bertz CT molecular complexity index is 952. The van der Waals surface area contributed by atoms with Gasteiger partial charge in [-0.1, -0.05) is 76.6 Å². The molecule has 0 bridgehead atoms. The van der Waals surface area contributed by atoms with Crippen LogP contribution >= 0.6 is 0 Å². The van der Waals surface area contributed by atoms with Crippen LogP contribution in [0, 0.1) is 17.8 Å². The molecule has 1 saturated carbocycles. The highest BCUT2D eigenvalue weighted by Gasteiger charge is 2.34. The molecule has 0 N–H and O–H groups in total. The maximum atomic E-state index is 13.1. The van der Waals surface area contributed by atoms with Gasteiger partial charge in [-0.3, -0.25) is 0 Å². The Labute approximate surface area is 203 Å². The Morgan fingerprint density at radius 1 is 1.00 bits per heavy atom. The fraction of sp³-hybridized carbons (Fsp3) is 0.517. The molecular formula is C29H38O5. The molecule has 5 nitrogen and oxygen atoms in total. The molecule has 0 radical (unpaired) electrons. The molecule has 1 aliphatic rings. The molecule has 0 saturated heterocycles. The van der Waals surface area contributed by atoms with Gasteiger partial charge in [0, 0.05) is 11.5 Å². The van der Waals surface area contributed by atoms with Gasteiger partial charge < -0.3 is 14.2 Å². The summed E-state index contributed by atoms with van der Waals surface area (Å²) in [6.07, 6.45) is 2.83. The maximum absolute atomic E-state index is 13.1. The highest BCUT2D eigenvalue weighted by molar-refractivity contribution is 5.94. The quantitative estimate of drug-likeness (QED) is 0.300. The fourth-order valence-corrected chi connectivity index (χ4v) is 5.11. The van der Waals surface area contributed by atoms with E-state index in [0.29, 0.717) is 17.8 Å². The summed E-state index contributed by atoms with van der Waals surface area (Å²) in [7, 11) is 0. The number of rotatable bonds is 8. The summed E-state index contributed by atoms with van der Waals surface area (Å²) in [6, 6.07) is 15.4. The number of hydrogen-bond acceptors (Lipinski definition) is 5. The van der Waals surface area contributed by atoms with E-state index in [2.05, 4.69) is 27.7 Å². The molecule has 0 spiro atoms. The second-order valence-electron chi connectivity index (χ2n) is 9.65. The average molecular weight is 467 g/mol. The van der Waals surface area contributed by atoms with E-state index >= 15 is 0 Å². The first-order valence-electron chi connectivity index (χ1n) is 12.6. The number of carbonyl (C=O) groups is 2. The highest BCUT2D eigenvalue weighted by Crippen LogP contribution is 2.39. The Hall–Kier alpha value is -2.82. The first-order chi connectivity index (χ1) is 16.3. The Morgan fingerprint density at radius 2 is 1.74 bits per heavy atom. The van der Waals surface area contributed by atoms with Gasteiger partial charge in [0.05, 0.1) is 6.61 Å². The van der Waals surface area contributed by atoms with E-state index in [4.69, 9.17) is 14.2 Å². The largest absolute Gasteiger partial charge is 0.514 e. The van der Waals surface area contributed by atoms with Crippen LogP contribution in [-0.2, 0) is 9.47 Å². The molecule has 5 heteroatoms. The second kappa shape index (κ2) is 12.0. The monoisotopic (exact) mass is 466 g/mol. The summed E-state index contributed by atoms with van der Waals surface area (Å²) in [4.78, 5) is 25.9. The first-order valence-corrected chi connectivity index (χ1v) is 12.6. The van der Waals surface area contributed by atoms with E-state index in [9.17, 15) is 9.59 Å². The van der Waals surface area contributed by atoms with Gasteiger partial charge in [-0.05, 0) is 55.6 Å². The average Bonchev–Trinajstić information content (AvgIpc) is 2.81.